The molecule has 0 saturated carbocycles. The third-order valence-corrected chi connectivity index (χ3v) is 2.99. The number of anilines is 2. The molecule has 0 saturated heterocycles. The summed E-state index contributed by atoms with van der Waals surface area (Å²) in [5.41, 5.74) is 6.41. The molecule has 0 fully saturated rings. The Labute approximate surface area is 116 Å². The van der Waals surface area contributed by atoms with E-state index in [9.17, 15) is 10.1 Å². The maximum Gasteiger partial charge on any atom is 0.311 e. The standard InChI is InChI=1S/C13H16N4O3/c1-7-6-10(9(3)20-7)8(2)15-13-11(17(18)19)4-5-12(14)16-13/h4-6,8H,1-3H3,(H3,14,15,16). The lowest BCUT2D eigenvalue weighted by Gasteiger charge is -2.14. The van der Waals surface area contributed by atoms with Crippen molar-refractivity contribution in [3.05, 3.63) is 45.4 Å². The summed E-state index contributed by atoms with van der Waals surface area (Å²) >= 11 is 0. The number of nitrogens with one attached hydrogen (secondary N) is 1. The highest BCUT2D eigenvalue weighted by Crippen LogP contribution is 2.29. The smallest absolute Gasteiger partial charge is 0.311 e. The molecule has 1 unspecified atom stereocenters. The van der Waals surface area contributed by atoms with Gasteiger partial charge in [-0.15, -0.1) is 0 Å². The summed E-state index contributed by atoms with van der Waals surface area (Å²) in [6.45, 7) is 5.58. The molecule has 1 atom stereocenters. The van der Waals surface area contributed by atoms with Crippen molar-refractivity contribution in [1.82, 2.24) is 4.98 Å². The van der Waals surface area contributed by atoms with Crippen molar-refractivity contribution >= 4 is 17.3 Å². The Hall–Kier alpha value is -2.57. The van der Waals surface area contributed by atoms with Gasteiger partial charge in [0.2, 0.25) is 5.82 Å². The van der Waals surface area contributed by atoms with Gasteiger partial charge in [0, 0.05) is 11.6 Å². The zero-order valence-corrected chi connectivity index (χ0v) is 11.5. The topological polar surface area (TPSA) is 107 Å². The first-order chi connectivity index (χ1) is 9.38. The lowest BCUT2D eigenvalue weighted by molar-refractivity contribution is -0.384. The number of pyridine rings is 1. The van der Waals surface area contributed by atoms with Gasteiger partial charge in [-0.1, -0.05) is 0 Å². The van der Waals surface area contributed by atoms with Crippen molar-refractivity contribution in [1.29, 1.82) is 0 Å². The third-order valence-electron chi connectivity index (χ3n) is 2.99. The van der Waals surface area contributed by atoms with Crippen molar-refractivity contribution in [3.8, 4) is 0 Å². The quantitative estimate of drug-likeness (QED) is 0.656. The van der Waals surface area contributed by atoms with Crippen LogP contribution in [0.4, 0.5) is 17.3 Å². The number of nitrogens with zero attached hydrogens (tertiary/aromatic N) is 2. The highest BCUT2D eigenvalue weighted by molar-refractivity contribution is 5.60. The molecule has 106 valence electrons. The summed E-state index contributed by atoms with van der Waals surface area (Å²) in [4.78, 5) is 14.5. The zero-order chi connectivity index (χ0) is 14.9. The van der Waals surface area contributed by atoms with E-state index in [-0.39, 0.29) is 23.4 Å². The van der Waals surface area contributed by atoms with Crippen LogP contribution in [0.1, 0.15) is 30.0 Å². The number of hydrogen-bond acceptors (Lipinski definition) is 6. The SMILES string of the molecule is Cc1cc(C(C)Nc2nc(N)ccc2[N+](=O)[O-])c(C)o1. The fraction of sp³-hybridized carbons (Fsp3) is 0.308. The van der Waals surface area contributed by atoms with Gasteiger partial charge in [0.15, 0.2) is 0 Å². The Kier molecular flexibility index (Phi) is 3.60. The van der Waals surface area contributed by atoms with E-state index in [1.54, 1.807) is 0 Å². The summed E-state index contributed by atoms with van der Waals surface area (Å²) < 4.78 is 5.46. The Morgan fingerprint density at radius 1 is 1.45 bits per heavy atom. The maximum absolute atomic E-state index is 11.0. The number of nitrogen functional groups attached to an aromatic ring is 1. The van der Waals surface area contributed by atoms with Crippen LogP contribution in [0.3, 0.4) is 0 Å². The van der Waals surface area contributed by atoms with Crippen LogP contribution in [0.25, 0.3) is 0 Å². The van der Waals surface area contributed by atoms with Crippen molar-refractivity contribution in [2.75, 3.05) is 11.1 Å². The van der Waals surface area contributed by atoms with Crippen molar-refractivity contribution < 1.29 is 9.34 Å². The second-order valence-electron chi connectivity index (χ2n) is 4.60. The summed E-state index contributed by atoms with van der Waals surface area (Å²) in [5.74, 6) is 1.95. The molecule has 2 rings (SSSR count). The lowest BCUT2D eigenvalue weighted by Crippen LogP contribution is -2.11. The molecule has 7 nitrogen and oxygen atoms in total. The first-order valence-corrected chi connectivity index (χ1v) is 6.13. The number of aryl methyl sites for hydroxylation is 2. The average Bonchev–Trinajstić information content (AvgIpc) is 2.68. The van der Waals surface area contributed by atoms with E-state index >= 15 is 0 Å². The third kappa shape index (κ3) is 2.71. The van der Waals surface area contributed by atoms with E-state index in [1.807, 2.05) is 26.8 Å². The van der Waals surface area contributed by atoms with Crippen molar-refractivity contribution in [2.24, 2.45) is 0 Å². The number of nitrogens with two attached hydrogens (primary N) is 1. The van der Waals surface area contributed by atoms with E-state index in [0.717, 1.165) is 17.1 Å². The molecule has 20 heavy (non-hydrogen) atoms. The van der Waals surface area contributed by atoms with Gasteiger partial charge in [0.05, 0.1) is 11.0 Å². The lowest BCUT2D eigenvalue weighted by atomic mass is 10.1. The minimum absolute atomic E-state index is 0.107. The number of aromatic nitrogens is 1. The molecule has 2 heterocycles. The molecule has 0 bridgehead atoms. The van der Waals surface area contributed by atoms with Gasteiger partial charge >= 0.3 is 5.69 Å². The molecule has 7 heteroatoms. The van der Waals surface area contributed by atoms with Crippen LogP contribution in [-0.4, -0.2) is 9.91 Å². The predicted octanol–water partition coefficient (Wildman–Crippen LogP) is 2.95. The minimum atomic E-state index is -0.491. The molecule has 0 amide bonds. The largest absolute Gasteiger partial charge is 0.466 e. The first kappa shape index (κ1) is 13.9. The molecule has 2 aromatic rings. The number of hydrogen-bond donors (Lipinski definition) is 2. The van der Waals surface area contributed by atoms with Crippen LogP contribution in [0.5, 0.6) is 0 Å². The second kappa shape index (κ2) is 5.20. The van der Waals surface area contributed by atoms with E-state index in [1.165, 1.54) is 12.1 Å². The number of furan rings is 1. The normalized spacial score (nSPS) is 12.2. The zero-order valence-electron chi connectivity index (χ0n) is 11.5. The van der Waals surface area contributed by atoms with Gasteiger partial charge < -0.3 is 15.5 Å². The summed E-state index contributed by atoms with van der Waals surface area (Å²) in [6, 6.07) is 4.46. The van der Waals surface area contributed by atoms with Crippen molar-refractivity contribution in [2.45, 2.75) is 26.8 Å². The van der Waals surface area contributed by atoms with E-state index in [0.29, 0.717) is 0 Å². The van der Waals surface area contributed by atoms with E-state index < -0.39 is 4.92 Å². The van der Waals surface area contributed by atoms with Gasteiger partial charge in [-0.2, -0.15) is 0 Å². The van der Waals surface area contributed by atoms with Gasteiger partial charge in [-0.25, -0.2) is 4.98 Å². The highest BCUT2D eigenvalue weighted by atomic mass is 16.6. The fourth-order valence-corrected chi connectivity index (χ4v) is 2.08. The average molecular weight is 276 g/mol. The molecule has 0 aliphatic carbocycles. The second-order valence-corrected chi connectivity index (χ2v) is 4.60. The molecule has 0 spiro atoms. The van der Waals surface area contributed by atoms with Gasteiger partial charge in [0.1, 0.15) is 17.3 Å². The first-order valence-electron chi connectivity index (χ1n) is 6.13. The Morgan fingerprint density at radius 2 is 2.15 bits per heavy atom. The molecule has 3 N–H and O–H groups in total. The van der Waals surface area contributed by atoms with Gasteiger partial charge in [-0.05, 0) is 32.9 Å². The fourth-order valence-electron chi connectivity index (χ4n) is 2.08. The van der Waals surface area contributed by atoms with Crippen LogP contribution in [0.15, 0.2) is 22.6 Å². The summed E-state index contributed by atoms with van der Waals surface area (Å²) in [5, 5.41) is 14.0. The monoisotopic (exact) mass is 276 g/mol. The van der Waals surface area contributed by atoms with Crippen LogP contribution in [0.2, 0.25) is 0 Å². The van der Waals surface area contributed by atoms with Crippen LogP contribution in [-0.2, 0) is 0 Å². The summed E-state index contributed by atoms with van der Waals surface area (Å²) in [6.07, 6.45) is 0. The van der Waals surface area contributed by atoms with Crippen LogP contribution in [0, 0.1) is 24.0 Å². The highest BCUT2D eigenvalue weighted by Gasteiger charge is 2.20. The Bertz CT molecular complexity index is 651. The van der Waals surface area contributed by atoms with Gasteiger partial charge in [0.25, 0.3) is 0 Å². The molecular weight excluding hydrogens is 260 g/mol. The van der Waals surface area contributed by atoms with Gasteiger partial charge in [-0.3, -0.25) is 10.1 Å². The molecule has 0 aliphatic heterocycles. The summed E-state index contributed by atoms with van der Waals surface area (Å²) in [7, 11) is 0. The van der Waals surface area contributed by atoms with Crippen LogP contribution >= 0.6 is 0 Å². The number of rotatable bonds is 4. The Balaban J connectivity index is 2.32. The predicted molar refractivity (Wildman–Crippen MR) is 75.5 cm³/mol. The molecule has 0 aromatic carbocycles. The number of nitro groups is 1. The molecule has 0 radical (unpaired) electrons. The Morgan fingerprint density at radius 3 is 2.70 bits per heavy atom. The van der Waals surface area contributed by atoms with Crippen molar-refractivity contribution in [3.63, 3.8) is 0 Å². The minimum Gasteiger partial charge on any atom is -0.466 e. The molecule has 2 aromatic heterocycles. The molecular formula is C13H16N4O3. The molecule has 0 aliphatic rings. The van der Waals surface area contributed by atoms with Crippen LogP contribution < -0.4 is 11.1 Å². The van der Waals surface area contributed by atoms with E-state index in [2.05, 4.69) is 10.3 Å². The maximum atomic E-state index is 11.0. The van der Waals surface area contributed by atoms with E-state index in [4.69, 9.17) is 10.2 Å².